The third-order valence-corrected chi connectivity index (χ3v) is 2.71. The predicted molar refractivity (Wildman–Crippen MR) is 80.0 cm³/mol. The zero-order chi connectivity index (χ0) is 14.3. The van der Waals surface area contributed by atoms with Crippen molar-refractivity contribution < 1.29 is 9.47 Å². The van der Waals surface area contributed by atoms with Crippen LogP contribution in [0.15, 0.2) is 0 Å². The average Bonchev–Trinajstić information content (AvgIpc) is 2.32. The van der Waals surface area contributed by atoms with Crippen molar-refractivity contribution in [1.82, 2.24) is 9.80 Å². The van der Waals surface area contributed by atoms with Gasteiger partial charge in [-0.3, -0.25) is 0 Å². The molecule has 0 aliphatic heterocycles. The summed E-state index contributed by atoms with van der Waals surface area (Å²) in [7, 11) is 6.97. The van der Waals surface area contributed by atoms with Crippen molar-refractivity contribution in [3.05, 3.63) is 0 Å². The van der Waals surface area contributed by atoms with Crippen LogP contribution in [0.5, 0.6) is 0 Å². The molecule has 0 heterocycles. The molecular formula is C12H16N2O2S2. The van der Waals surface area contributed by atoms with E-state index in [1.54, 1.807) is 38.0 Å². The number of nitrogens with zero attached hydrogens (tertiary/aromatic N) is 2. The highest BCUT2D eigenvalue weighted by Crippen LogP contribution is 2.07. The molecule has 0 N–H and O–H groups in total. The van der Waals surface area contributed by atoms with Crippen LogP contribution in [0.2, 0.25) is 0 Å². The maximum absolute atomic E-state index is 5.37. The highest BCUT2D eigenvalue weighted by Gasteiger charge is 2.24. The fraction of sp³-hybridized carbons (Fsp3) is 0.500. The van der Waals surface area contributed by atoms with Gasteiger partial charge in [0.05, 0.1) is 0 Å². The Kier molecular flexibility index (Phi) is 7.11. The van der Waals surface area contributed by atoms with Crippen LogP contribution in [0.1, 0.15) is 0 Å². The van der Waals surface area contributed by atoms with E-state index in [0.29, 0.717) is 0 Å². The van der Waals surface area contributed by atoms with E-state index >= 15 is 0 Å². The number of hydrogen-bond donors (Lipinski definition) is 0. The molecule has 0 aromatic heterocycles. The number of hydrogen-bond acceptors (Lipinski definition) is 4. The Bertz CT molecular complexity index is 356. The van der Waals surface area contributed by atoms with Crippen molar-refractivity contribution in [2.45, 2.75) is 12.2 Å². The van der Waals surface area contributed by atoms with Crippen molar-refractivity contribution in [3.8, 4) is 24.7 Å². The summed E-state index contributed by atoms with van der Waals surface area (Å²) in [4.78, 5) is 3.22. The van der Waals surface area contributed by atoms with Crippen molar-refractivity contribution in [1.29, 1.82) is 0 Å². The summed E-state index contributed by atoms with van der Waals surface area (Å²) < 4.78 is 10.7. The highest BCUT2D eigenvalue weighted by molar-refractivity contribution is 7.80. The molecule has 18 heavy (non-hydrogen) atoms. The molecule has 98 valence electrons. The van der Waals surface area contributed by atoms with Gasteiger partial charge in [0, 0.05) is 28.2 Å². The standard InChI is InChI=1S/C12H16N2O2S2/c1-7-9(15-11(17)13(3)4)10(8-2)16-12(18)14(5)6/h1-2,9-10H,3-6H3/t9-,10-/m1/s1. The third kappa shape index (κ3) is 5.22. The minimum atomic E-state index is -0.789. The predicted octanol–water partition coefficient (Wildman–Crippen LogP) is 0.716. The second kappa shape index (κ2) is 7.75. The van der Waals surface area contributed by atoms with Gasteiger partial charge in [-0.1, -0.05) is 11.8 Å². The van der Waals surface area contributed by atoms with Crippen LogP contribution in [-0.4, -0.2) is 60.5 Å². The van der Waals surface area contributed by atoms with Crippen molar-refractivity contribution >= 4 is 34.8 Å². The molecule has 0 unspecified atom stereocenters. The summed E-state index contributed by atoms with van der Waals surface area (Å²) in [5.74, 6) is 4.80. The number of ether oxygens (including phenoxy) is 2. The van der Waals surface area contributed by atoms with Gasteiger partial charge < -0.3 is 19.3 Å². The molecule has 0 spiro atoms. The van der Waals surface area contributed by atoms with Gasteiger partial charge in [0.25, 0.3) is 10.3 Å². The van der Waals surface area contributed by atoms with Crippen LogP contribution >= 0.6 is 24.4 Å². The summed E-state index contributed by atoms with van der Waals surface area (Å²) in [5, 5.41) is 0.468. The van der Waals surface area contributed by atoms with E-state index in [4.69, 9.17) is 46.8 Å². The molecule has 0 aromatic rings. The van der Waals surface area contributed by atoms with E-state index < -0.39 is 12.2 Å². The molecule has 4 nitrogen and oxygen atoms in total. The topological polar surface area (TPSA) is 24.9 Å². The Labute approximate surface area is 119 Å². The molecule has 0 saturated heterocycles. The fourth-order valence-corrected chi connectivity index (χ4v) is 1.00. The smallest absolute Gasteiger partial charge is 0.260 e. The summed E-state index contributed by atoms with van der Waals surface area (Å²) in [6.45, 7) is 0. The lowest BCUT2D eigenvalue weighted by Gasteiger charge is -2.25. The van der Waals surface area contributed by atoms with E-state index in [9.17, 15) is 0 Å². The first-order valence-electron chi connectivity index (χ1n) is 5.01. The van der Waals surface area contributed by atoms with E-state index in [-0.39, 0.29) is 10.3 Å². The maximum Gasteiger partial charge on any atom is 0.260 e. The van der Waals surface area contributed by atoms with Crippen LogP contribution < -0.4 is 0 Å². The lowest BCUT2D eigenvalue weighted by Crippen LogP contribution is -2.38. The van der Waals surface area contributed by atoms with E-state index in [1.165, 1.54) is 0 Å². The molecule has 2 atom stereocenters. The third-order valence-electron chi connectivity index (χ3n) is 1.79. The Morgan fingerprint density at radius 2 is 1.17 bits per heavy atom. The van der Waals surface area contributed by atoms with Gasteiger partial charge in [-0.15, -0.1) is 12.8 Å². The molecule has 6 heteroatoms. The zero-order valence-electron chi connectivity index (χ0n) is 10.8. The molecule has 0 bridgehead atoms. The lowest BCUT2D eigenvalue weighted by molar-refractivity contribution is 0.0942. The van der Waals surface area contributed by atoms with Gasteiger partial charge in [0.15, 0.2) is 0 Å². The lowest BCUT2D eigenvalue weighted by atomic mass is 10.2. The minimum Gasteiger partial charge on any atom is -0.449 e. The van der Waals surface area contributed by atoms with Crippen LogP contribution in [0.3, 0.4) is 0 Å². The quantitative estimate of drug-likeness (QED) is 0.559. The molecule has 0 aliphatic rings. The first-order valence-corrected chi connectivity index (χ1v) is 5.83. The maximum atomic E-state index is 5.37. The van der Waals surface area contributed by atoms with Gasteiger partial charge in [-0.2, -0.15) is 0 Å². The van der Waals surface area contributed by atoms with Crippen molar-refractivity contribution in [2.75, 3.05) is 28.2 Å². The molecule has 0 fully saturated rings. The van der Waals surface area contributed by atoms with Crippen LogP contribution in [0, 0.1) is 24.7 Å². The summed E-state index contributed by atoms with van der Waals surface area (Å²) in [6.07, 6.45) is 9.15. The largest absolute Gasteiger partial charge is 0.449 e. The van der Waals surface area contributed by atoms with Crippen LogP contribution in [0.4, 0.5) is 0 Å². The number of rotatable bonds is 3. The molecular weight excluding hydrogens is 268 g/mol. The summed E-state index contributed by atoms with van der Waals surface area (Å²) in [5.41, 5.74) is 0. The molecule has 0 saturated carbocycles. The Hall–Kier alpha value is -1.50. The number of thiocarbonyl (C=S) groups is 2. The normalized spacial score (nSPS) is 12.3. The summed E-state index contributed by atoms with van der Waals surface area (Å²) in [6, 6.07) is 0. The molecule has 0 radical (unpaired) electrons. The molecule has 0 aromatic carbocycles. The fourth-order valence-electron chi connectivity index (χ4n) is 0.794. The summed E-state index contributed by atoms with van der Waals surface area (Å²) >= 11 is 9.99. The first kappa shape index (κ1) is 16.5. The second-order valence-electron chi connectivity index (χ2n) is 3.73. The van der Waals surface area contributed by atoms with Crippen LogP contribution in [-0.2, 0) is 9.47 Å². The average molecular weight is 284 g/mol. The van der Waals surface area contributed by atoms with Gasteiger partial charge in [0.1, 0.15) is 0 Å². The van der Waals surface area contributed by atoms with Crippen LogP contribution in [0.25, 0.3) is 0 Å². The van der Waals surface area contributed by atoms with E-state index in [2.05, 4.69) is 11.8 Å². The van der Waals surface area contributed by atoms with Gasteiger partial charge >= 0.3 is 0 Å². The molecule has 0 aliphatic carbocycles. The first-order chi connectivity index (χ1) is 8.33. The Morgan fingerprint density at radius 1 is 0.889 bits per heavy atom. The van der Waals surface area contributed by atoms with Gasteiger partial charge in [0.2, 0.25) is 12.2 Å². The Balaban J connectivity index is 4.71. The van der Waals surface area contributed by atoms with E-state index in [0.717, 1.165) is 0 Å². The van der Waals surface area contributed by atoms with Gasteiger partial charge in [-0.25, -0.2) is 0 Å². The number of terminal acetylenes is 2. The van der Waals surface area contributed by atoms with E-state index in [1.807, 2.05) is 0 Å². The Morgan fingerprint density at radius 3 is 1.33 bits per heavy atom. The molecule has 0 amide bonds. The van der Waals surface area contributed by atoms with Crippen molar-refractivity contribution in [3.63, 3.8) is 0 Å². The zero-order valence-corrected chi connectivity index (χ0v) is 12.5. The highest BCUT2D eigenvalue weighted by atomic mass is 32.1. The minimum absolute atomic E-state index is 0.234. The molecule has 0 rings (SSSR count). The monoisotopic (exact) mass is 284 g/mol. The SMILES string of the molecule is C#C[C@@H](OC(=S)N(C)C)[C@@H](C#C)OC(=S)N(C)C. The second-order valence-corrected chi connectivity index (χ2v) is 4.43. The van der Waals surface area contributed by atoms with Crippen molar-refractivity contribution in [2.24, 2.45) is 0 Å². The van der Waals surface area contributed by atoms with Gasteiger partial charge in [-0.05, 0) is 24.4 Å².